The molecule has 0 radical (unpaired) electrons. The maximum atomic E-state index is 5.79. The Bertz CT molecular complexity index is 381. The van der Waals surface area contributed by atoms with E-state index in [9.17, 15) is 0 Å². The fourth-order valence-corrected chi connectivity index (χ4v) is 1.88. The van der Waals surface area contributed by atoms with E-state index in [1.165, 1.54) is 5.57 Å². The predicted molar refractivity (Wildman–Crippen MR) is 65.1 cm³/mol. The number of rotatable bonds is 4. The van der Waals surface area contributed by atoms with Gasteiger partial charge in [0.05, 0.1) is 5.69 Å². The molecule has 1 aliphatic rings. The Labute approximate surface area is 96.7 Å². The highest BCUT2D eigenvalue weighted by atomic mass is 16.5. The van der Waals surface area contributed by atoms with E-state index < -0.39 is 0 Å². The lowest BCUT2D eigenvalue weighted by Crippen LogP contribution is -2.09. The normalized spacial score (nSPS) is 16.9. The monoisotopic (exact) mass is 215 g/mol. The number of pyridine rings is 1. The molecule has 0 aliphatic heterocycles. The molecule has 0 N–H and O–H groups in total. The van der Waals surface area contributed by atoms with Gasteiger partial charge in [-0.1, -0.05) is 24.3 Å². The molecule has 2 nitrogen and oxygen atoms in total. The van der Waals surface area contributed by atoms with Crippen molar-refractivity contribution >= 4 is 0 Å². The van der Waals surface area contributed by atoms with Crippen LogP contribution in [0.4, 0.5) is 0 Å². The van der Waals surface area contributed by atoms with Gasteiger partial charge < -0.3 is 4.74 Å². The van der Waals surface area contributed by atoms with Crippen molar-refractivity contribution in [3.05, 3.63) is 53.9 Å². The van der Waals surface area contributed by atoms with Crippen LogP contribution in [0.15, 0.2) is 48.2 Å². The number of allylic oxidation sites excluding steroid dienone is 2. The summed E-state index contributed by atoms with van der Waals surface area (Å²) in [6, 6.07) is 5.95. The van der Waals surface area contributed by atoms with Gasteiger partial charge in [0.25, 0.3) is 0 Å². The van der Waals surface area contributed by atoms with Crippen LogP contribution in [0.2, 0.25) is 0 Å². The third-order valence-corrected chi connectivity index (χ3v) is 2.62. The topological polar surface area (TPSA) is 22.1 Å². The zero-order chi connectivity index (χ0) is 11.2. The molecule has 0 fully saturated rings. The number of nitrogens with zero attached hydrogens (tertiary/aromatic N) is 1. The molecule has 0 amide bonds. The Morgan fingerprint density at radius 2 is 2.31 bits per heavy atom. The van der Waals surface area contributed by atoms with Crippen molar-refractivity contribution in [3.8, 4) is 0 Å². The fourth-order valence-electron chi connectivity index (χ4n) is 1.88. The van der Waals surface area contributed by atoms with Crippen molar-refractivity contribution < 1.29 is 4.74 Å². The Kier molecular flexibility index (Phi) is 3.89. The Hall–Kier alpha value is -1.41. The summed E-state index contributed by atoms with van der Waals surface area (Å²) < 4.78 is 5.79. The third-order valence-electron chi connectivity index (χ3n) is 2.62. The van der Waals surface area contributed by atoms with Gasteiger partial charge in [-0.2, -0.15) is 0 Å². The summed E-state index contributed by atoms with van der Waals surface area (Å²) in [5.74, 6) is 0. The van der Waals surface area contributed by atoms with Gasteiger partial charge in [-0.3, -0.25) is 4.98 Å². The lowest BCUT2D eigenvalue weighted by Gasteiger charge is -2.19. The van der Waals surface area contributed by atoms with E-state index >= 15 is 0 Å². The number of hydrogen-bond acceptors (Lipinski definition) is 2. The smallest absolute Gasteiger partial charge is 0.124 e. The molecular formula is C14H17NO. The van der Waals surface area contributed by atoms with Crippen LogP contribution in [-0.4, -0.2) is 11.6 Å². The molecule has 0 saturated heterocycles. The first kappa shape index (κ1) is 11.1. The molecule has 1 aliphatic carbocycles. The molecule has 84 valence electrons. The second-order valence-electron chi connectivity index (χ2n) is 3.77. The van der Waals surface area contributed by atoms with E-state index in [0.717, 1.165) is 18.5 Å². The Balaban J connectivity index is 2.23. The highest BCUT2D eigenvalue weighted by Gasteiger charge is 2.16. The van der Waals surface area contributed by atoms with E-state index in [1.807, 2.05) is 31.3 Å². The van der Waals surface area contributed by atoms with Crippen molar-refractivity contribution in [2.75, 3.05) is 6.61 Å². The summed E-state index contributed by atoms with van der Waals surface area (Å²) in [4.78, 5) is 4.37. The van der Waals surface area contributed by atoms with Gasteiger partial charge in [-0.25, -0.2) is 0 Å². The minimum atomic E-state index is -0.0113. The minimum Gasteiger partial charge on any atom is -0.367 e. The minimum absolute atomic E-state index is 0.0113. The molecule has 1 unspecified atom stereocenters. The van der Waals surface area contributed by atoms with Gasteiger partial charge in [-0.05, 0) is 37.5 Å². The average molecular weight is 215 g/mol. The molecule has 2 heteroatoms. The van der Waals surface area contributed by atoms with E-state index in [2.05, 4.69) is 23.2 Å². The van der Waals surface area contributed by atoms with Crippen LogP contribution in [0.5, 0.6) is 0 Å². The second kappa shape index (κ2) is 5.61. The van der Waals surface area contributed by atoms with Gasteiger partial charge >= 0.3 is 0 Å². The number of ether oxygens (including phenoxy) is 1. The first-order chi connectivity index (χ1) is 7.92. The molecule has 0 spiro atoms. The van der Waals surface area contributed by atoms with Crippen molar-refractivity contribution in [2.24, 2.45) is 0 Å². The van der Waals surface area contributed by atoms with Gasteiger partial charge in [0.1, 0.15) is 6.10 Å². The zero-order valence-electron chi connectivity index (χ0n) is 9.60. The van der Waals surface area contributed by atoms with Gasteiger partial charge in [0.2, 0.25) is 0 Å². The van der Waals surface area contributed by atoms with Crippen LogP contribution in [0.3, 0.4) is 0 Å². The largest absolute Gasteiger partial charge is 0.367 e. The molecule has 0 saturated carbocycles. The number of aromatic nitrogens is 1. The summed E-state index contributed by atoms with van der Waals surface area (Å²) in [6.45, 7) is 2.72. The van der Waals surface area contributed by atoms with Gasteiger partial charge in [-0.15, -0.1) is 0 Å². The first-order valence-electron chi connectivity index (χ1n) is 5.81. The van der Waals surface area contributed by atoms with Gasteiger partial charge in [0.15, 0.2) is 0 Å². The summed E-state index contributed by atoms with van der Waals surface area (Å²) in [5.41, 5.74) is 2.22. The van der Waals surface area contributed by atoms with Crippen molar-refractivity contribution in [1.82, 2.24) is 4.98 Å². The maximum absolute atomic E-state index is 5.79. The third kappa shape index (κ3) is 2.58. The highest BCUT2D eigenvalue weighted by Crippen LogP contribution is 2.27. The predicted octanol–water partition coefficient (Wildman–Crippen LogP) is 3.44. The second-order valence-corrected chi connectivity index (χ2v) is 3.77. The lowest BCUT2D eigenvalue weighted by molar-refractivity contribution is 0.0875. The molecular weight excluding hydrogens is 198 g/mol. The van der Waals surface area contributed by atoms with E-state index in [-0.39, 0.29) is 6.10 Å². The summed E-state index contributed by atoms with van der Waals surface area (Å²) in [6.07, 6.45) is 10.6. The molecule has 16 heavy (non-hydrogen) atoms. The quantitative estimate of drug-likeness (QED) is 0.767. The Morgan fingerprint density at radius 1 is 1.38 bits per heavy atom. The molecule has 1 heterocycles. The van der Waals surface area contributed by atoms with Crippen LogP contribution in [0, 0.1) is 0 Å². The molecule has 0 bridgehead atoms. The van der Waals surface area contributed by atoms with Crippen LogP contribution < -0.4 is 0 Å². The zero-order valence-corrected chi connectivity index (χ0v) is 9.60. The van der Waals surface area contributed by atoms with Crippen LogP contribution >= 0.6 is 0 Å². The SMILES string of the molecule is CCOC(C1=CCCC=C1)c1ccccn1. The average Bonchev–Trinajstić information content (AvgIpc) is 2.38. The maximum Gasteiger partial charge on any atom is 0.124 e. The molecule has 1 atom stereocenters. The standard InChI is InChI=1S/C14H17NO/c1-2-16-14(12-8-4-3-5-9-12)13-10-6-7-11-15-13/h4,6-11,14H,2-3,5H2,1H3. The van der Waals surface area contributed by atoms with Crippen molar-refractivity contribution in [1.29, 1.82) is 0 Å². The lowest BCUT2D eigenvalue weighted by atomic mass is 9.99. The molecule has 1 aromatic rings. The van der Waals surface area contributed by atoms with Crippen molar-refractivity contribution in [2.45, 2.75) is 25.9 Å². The molecule has 2 rings (SSSR count). The van der Waals surface area contributed by atoms with Crippen LogP contribution in [0.25, 0.3) is 0 Å². The highest BCUT2D eigenvalue weighted by molar-refractivity contribution is 5.31. The summed E-state index contributed by atoms with van der Waals surface area (Å²) >= 11 is 0. The fraction of sp³-hybridized carbons (Fsp3) is 0.357. The van der Waals surface area contributed by atoms with Crippen molar-refractivity contribution in [3.63, 3.8) is 0 Å². The molecule has 1 aromatic heterocycles. The van der Waals surface area contributed by atoms with E-state index in [4.69, 9.17) is 4.74 Å². The number of hydrogen-bond donors (Lipinski definition) is 0. The van der Waals surface area contributed by atoms with Crippen LogP contribution in [0.1, 0.15) is 31.6 Å². The summed E-state index contributed by atoms with van der Waals surface area (Å²) in [5, 5.41) is 0. The van der Waals surface area contributed by atoms with E-state index in [1.54, 1.807) is 0 Å². The van der Waals surface area contributed by atoms with Crippen LogP contribution in [-0.2, 0) is 4.74 Å². The molecule has 0 aromatic carbocycles. The van der Waals surface area contributed by atoms with Gasteiger partial charge in [0, 0.05) is 12.8 Å². The first-order valence-corrected chi connectivity index (χ1v) is 5.81. The summed E-state index contributed by atoms with van der Waals surface area (Å²) in [7, 11) is 0. The Morgan fingerprint density at radius 3 is 2.94 bits per heavy atom. The van der Waals surface area contributed by atoms with E-state index in [0.29, 0.717) is 6.61 Å².